The van der Waals surface area contributed by atoms with E-state index in [0.29, 0.717) is 5.56 Å². The van der Waals surface area contributed by atoms with E-state index >= 15 is 0 Å². The lowest BCUT2D eigenvalue weighted by molar-refractivity contribution is 0.102. The zero-order valence-corrected chi connectivity index (χ0v) is 7.67. The molecule has 1 aromatic rings. The van der Waals surface area contributed by atoms with Crippen molar-refractivity contribution in [3.63, 3.8) is 0 Å². The summed E-state index contributed by atoms with van der Waals surface area (Å²) in [5.74, 6) is 0.148. The Balaban J connectivity index is 2.56. The smallest absolute Gasteiger partial charge is 0.124 e. The molecule has 1 aromatic carbocycles. The van der Waals surface area contributed by atoms with Crippen LogP contribution in [-0.2, 0) is 0 Å². The third-order valence-electron chi connectivity index (χ3n) is 1.69. The van der Waals surface area contributed by atoms with Crippen LogP contribution in [0.2, 0.25) is 0 Å². The molecule has 0 unspecified atom stereocenters. The van der Waals surface area contributed by atoms with Gasteiger partial charge in [-0.25, -0.2) is 0 Å². The standard InChI is InChI=1S/C10H13NO3/c12-7-9(13)6-11-5-8-3-1-2-4-10(8)14/h1-5,9,12-14H,6-7H2/t9-/m0/s1. The highest BCUT2D eigenvalue weighted by molar-refractivity contribution is 5.83. The second kappa shape index (κ2) is 5.36. The monoisotopic (exact) mass is 195 g/mol. The quantitative estimate of drug-likeness (QED) is 0.599. The minimum Gasteiger partial charge on any atom is -0.507 e. The number of phenols is 1. The van der Waals surface area contributed by atoms with E-state index in [2.05, 4.69) is 4.99 Å². The van der Waals surface area contributed by atoms with Crippen LogP contribution in [0.4, 0.5) is 0 Å². The van der Waals surface area contributed by atoms with Crippen molar-refractivity contribution in [3.05, 3.63) is 29.8 Å². The Morgan fingerprint density at radius 1 is 1.36 bits per heavy atom. The Morgan fingerprint density at radius 2 is 2.07 bits per heavy atom. The summed E-state index contributed by atoms with van der Waals surface area (Å²) in [4.78, 5) is 3.88. The lowest BCUT2D eigenvalue weighted by Crippen LogP contribution is -2.15. The van der Waals surface area contributed by atoms with Gasteiger partial charge in [-0.05, 0) is 12.1 Å². The zero-order chi connectivity index (χ0) is 10.4. The van der Waals surface area contributed by atoms with Crippen molar-refractivity contribution in [3.8, 4) is 5.75 Å². The van der Waals surface area contributed by atoms with Crippen molar-refractivity contribution in [1.29, 1.82) is 0 Å². The molecule has 14 heavy (non-hydrogen) atoms. The predicted molar refractivity (Wildman–Crippen MR) is 53.7 cm³/mol. The number of aromatic hydroxyl groups is 1. The Hall–Kier alpha value is -1.39. The molecular weight excluding hydrogens is 182 g/mol. The first-order valence-corrected chi connectivity index (χ1v) is 4.30. The third-order valence-corrected chi connectivity index (χ3v) is 1.69. The topological polar surface area (TPSA) is 73.0 Å². The van der Waals surface area contributed by atoms with Gasteiger partial charge < -0.3 is 15.3 Å². The van der Waals surface area contributed by atoms with E-state index in [1.165, 1.54) is 6.21 Å². The van der Waals surface area contributed by atoms with Crippen LogP contribution in [-0.4, -0.2) is 40.8 Å². The summed E-state index contributed by atoms with van der Waals surface area (Å²) in [6, 6.07) is 6.77. The first-order chi connectivity index (χ1) is 6.74. The summed E-state index contributed by atoms with van der Waals surface area (Å²) in [6.45, 7) is -0.178. The molecule has 76 valence electrons. The van der Waals surface area contributed by atoms with Gasteiger partial charge in [0.05, 0.1) is 19.3 Å². The summed E-state index contributed by atoms with van der Waals surface area (Å²) >= 11 is 0. The van der Waals surface area contributed by atoms with Gasteiger partial charge in [0, 0.05) is 11.8 Å². The molecule has 4 nitrogen and oxygen atoms in total. The maximum Gasteiger partial charge on any atom is 0.124 e. The van der Waals surface area contributed by atoms with Gasteiger partial charge in [0.15, 0.2) is 0 Å². The highest BCUT2D eigenvalue weighted by Crippen LogP contribution is 2.12. The molecule has 0 amide bonds. The molecule has 0 spiro atoms. The first kappa shape index (κ1) is 10.7. The average Bonchev–Trinajstić information content (AvgIpc) is 2.20. The summed E-state index contributed by atoms with van der Waals surface area (Å²) in [7, 11) is 0. The van der Waals surface area contributed by atoms with E-state index < -0.39 is 6.10 Å². The van der Waals surface area contributed by atoms with Crippen molar-refractivity contribution in [1.82, 2.24) is 0 Å². The Bertz CT molecular complexity index is 312. The van der Waals surface area contributed by atoms with Crippen LogP contribution >= 0.6 is 0 Å². The van der Waals surface area contributed by atoms with E-state index in [9.17, 15) is 5.11 Å². The fourth-order valence-corrected chi connectivity index (χ4v) is 0.927. The second-order valence-corrected chi connectivity index (χ2v) is 2.89. The molecule has 1 atom stereocenters. The summed E-state index contributed by atoms with van der Waals surface area (Å²) in [6.07, 6.45) is 0.630. The van der Waals surface area contributed by atoms with Crippen molar-refractivity contribution in [2.75, 3.05) is 13.2 Å². The molecule has 0 bridgehead atoms. The molecule has 3 N–H and O–H groups in total. The average molecular weight is 195 g/mol. The summed E-state index contributed by atoms with van der Waals surface area (Å²) < 4.78 is 0. The Morgan fingerprint density at radius 3 is 2.71 bits per heavy atom. The molecule has 0 aromatic heterocycles. The molecule has 0 aliphatic carbocycles. The summed E-state index contributed by atoms with van der Waals surface area (Å²) in [5.41, 5.74) is 0.595. The number of benzene rings is 1. The van der Waals surface area contributed by atoms with Crippen LogP contribution in [0.25, 0.3) is 0 Å². The van der Waals surface area contributed by atoms with Gasteiger partial charge in [0.2, 0.25) is 0 Å². The molecule has 0 fully saturated rings. The number of hydrogen-bond donors (Lipinski definition) is 3. The number of aliphatic imine (C=N–C) groups is 1. The van der Waals surface area contributed by atoms with Gasteiger partial charge in [0.1, 0.15) is 5.75 Å². The number of aliphatic hydroxyl groups is 2. The maximum absolute atomic E-state index is 9.33. The first-order valence-electron chi connectivity index (χ1n) is 4.30. The highest BCUT2D eigenvalue weighted by Gasteiger charge is 1.99. The van der Waals surface area contributed by atoms with Gasteiger partial charge in [0.25, 0.3) is 0 Å². The van der Waals surface area contributed by atoms with Crippen molar-refractivity contribution in [2.45, 2.75) is 6.10 Å². The zero-order valence-electron chi connectivity index (χ0n) is 7.67. The molecule has 0 heterocycles. The van der Waals surface area contributed by atoms with E-state index in [1.807, 2.05) is 0 Å². The lowest BCUT2D eigenvalue weighted by atomic mass is 10.2. The molecule has 0 radical (unpaired) electrons. The van der Waals surface area contributed by atoms with E-state index in [0.717, 1.165) is 0 Å². The maximum atomic E-state index is 9.33. The van der Waals surface area contributed by atoms with Gasteiger partial charge in [-0.3, -0.25) is 4.99 Å². The number of nitrogens with zero attached hydrogens (tertiary/aromatic N) is 1. The van der Waals surface area contributed by atoms with Gasteiger partial charge in [-0.1, -0.05) is 12.1 Å². The van der Waals surface area contributed by atoms with E-state index in [4.69, 9.17) is 10.2 Å². The predicted octanol–water partition coefficient (Wildman–Crippen LogP) is 0.164. The van der Waals surface area contributed by atoms with Crippen LogP contribution in [0, 0.1) is 0 Å². The fraction of sp³-hybridized carbons (Fsp3) is 0.300. The fourth-order valence-electron chi connectivity index (χ4n) is 0.927. The van der Waals surface area contributed by atoms with Gasteiger partial charge in [-0.15, -0.1) is 0 Å². The number of aliphatic hydroxyl groups excluding tert-OH is 2. The molecule has 0 saturated heterocycles. The molecule has 0 aliphatic heterocycles. The summed E-state index contributed by atoms with van der Waals surface area (Å²) in [5, 5.41) is 26.8. The van der Waals surface area contributed by atoms with E-state index in [1.54, 1.807) is 24.3 Å². The Labute approximate surface area is 82.2 Å². The van der Waals surface area contributed by atoms with Crippen LogP contribution in [0.15, 0.2) is 29.3 Å². The molecule has 4 heteroatoms. The van der Waals surface area contributed by atoms with Gasteiger partial charge in [-0.2, -0.15) is 0 Å². The van der Waals surface area contributed by atoms with E-state index in [-0.39, 0.29) is 18.9 Å². The van der Waals surface area contributed by atoms with Crippen LogP contribution in [0.3, 0.4) is 0 Å². The molecule has 1 rings (SSSR count). The third kappa shape index (κ3) is 3.16. The van der Waals surface area contributed by atoms with Crippen LogP contribution in [0.1, 0.15) is 5.56 Å². The minimum atomic E-state index is -0.836. The molecular formula is C10H13NO3. The number of rotatable bonds is 4. The van der Waals surface area contributed by atoms with Crippen molar-refractivity contribution in [2.24, 2.45) is 4.99 Å². The highest BCUT2D eigenvalue weighted by atomic mass is 16.3. The number of hydrogen-bond acceptors (Lipinski definition) is 4. The second-order valence-electron chi connectivity index (χ2n) is 2.89. The molecule has 0 aliphatic rings. The van der Waals surface area contributed by atoms with Crippen LogP contribution in [0.5, 0.6) is 5.75 Å². The Kier molecular flexibility index (Phi) is 4.10. The number of para-hydroxylation sites is 1. The minimum absolute atomic E-state index is 0.130. The lowest BCUT2D eigenvalue weighted by Gasteiger charge is -2.01. The SMILES string of the molecule is OC[C@@H](O)CN=Cc1ccccc1O. The largest absolute Gasteiger partial charge is 0.507 e. The van der Waals surface area contributed by atoms with Crippen molar-refractivity contribution < 1.29 is 15.3 Å². The number of phenolic OH excluding ortho intramolecular Hbond substituents is 1. The normalized spacial score (nSPS) is 13.3. The van der Waals surface area contributed by atoms with Crippen LogP contribution < -0.4 is 0 Å². The van der Waals surface area contributed by atoms with Crippen molar-refractivity contribution >= 4 is 6.21 Å². The molecule has 0 saturated carbocycles. The van der Waals surface area contributed by atoms with Gasteiger partial charge >= 0.3 is 0 Å².